The van der Waals surface area contributed by atoms with E-state index in [1.165, 1.54) is 6.33 Å². The summed E-state index contributed by atoms with van der Waals surface area (Å²) in [6.45, 7) is 8.90. The van der Waals surface area contributed by atoms with E-state index in [2.05, 4.69) is 15.1 Å². The van der Waals surface area contributed by atoms with E-state index in [-0.39, 0.29) is 29.9 Å². The fourth-order valence-electron chi connectivity index (χ4n) is 5.07. The maximum Gasteiger partial charge on any atom is 0.235 e. The summed E-state index contributed by atoms with van der Waals surface area (Å²) in [4.78, 5) is 28.4. The molecule has 1 amide bonds. The summed E-state index contributed by atoms with van der Waals surface area (Å²) in [7, 11) is 1.66. The minimum absolute atomic E-state index is 0.0259. The topological polar surface area (TPSA) is 121 Å². The van der Waals surface area contributed by atoms with Crippen molar-refractivity contribution in [3.8, 4) is 5.75 Å². The molecule has 0 saturated carbocycles. The molecule has 0 aliphatic carbocycles. The van der Waals surface area contributed by atoms with Crippen LogP contribution in [-0.4, -0.2) is 63.1 Å². The smallest absolute Gasteiger partial charge is 0.235 e. The van der Waals surface area contributed by atoms with Gasteiger partial charge in [0.2, 0.25) is 5.91 Å². The van der Waals surface area contributed by atoms with E-state index in [0.717, 1.165) is 33.5 Å². The molecule has 1 saturated heterocycles. The number of amides is 1. The molecule has 2 aromatic heterocycles. The van der Waals surface area contributed by atoms with Crippen molar-refractivity contribution < 1.29 is 14.4 Å². The van der Waals surface area contributed by atoms with Gasteiger partial charge in [-0.2, -0.15) is 5.10 Å². The number of carbonyl (C=O) groups is 1. The number of nitrogens with zero attached hydrogens (tertiary/aromatic N) is 6. The van der Waals surface area contributed by atoms with E-state index in [1.807, 2.05) is 43.3 Å². The standard InChI is InChI=1S/C24H28ClN7O3/c1-11-18(25)6-16(13(3)32-23-20(12(2)30-32)22(26)27-10-28-23)21(34-5)19(11)15-8-31(9-15)24(33)17-7-29-35-14(17)4/h6-7,10,13-15,17H,8-9H2,1-5H3,(H2,26,27,28). The number of aryl methyl sites for hydroxylation is 1. The van der Waals surface area contributed by atoms with Gasteiger partial charge >= 0.3 is 0 Å². The van der Waals surface area contributed by atoms with E-state index >= 15 is 0 Å². The van der Waals surface area contributed by atoms with Crippen molar-refractivity contribution in [2.24, 2.45) is 11.1 Å². The first-order valence-electron chi connectivity index (χ1n) is 11.5. The summed E-state index contributed by atoms with van der Waals surface area (Å²) in [6, 6.07) is 1.69. The molecule has 1 fully saturated rings. The molecule has 10 nitrogen and oxygen atoms in total. The van der Waals surface area contributed by atoms with Gasteiger partial charge in [0.05, 0.1) is 30.4 Å². The number of nitrogen functional groups attached to an aromatic ring is 1. The number of halogens is 1. The molecular formula is C24H28ClN7O3. The second kappa shape index (κ2) is 8.67. The zero-order valence-electron chi connectivity index (χ0n) is 20.3. The molecule has 3 unspecified atom stereocenters. The number of carbonyl (C=O) groups excluding carboxylic acids is 1. The molecule has 5 rings (SSSR count). The highest BCUT2D eigenvalue weighted by Crippen LogP contribution is 2.44. The number of fused-ring (bicyclic) bond motifs is 1. The van der Waals surface area contributed by atoms with Gasteiger partial charge in [0.1, 0.15) is 29.9 Å². The van der Waals surface area contributed by atoms with Crippen molar-refractivity contribution >= 4 is 40.6 Å². The van der Waals surface area contributed by atoms with Gasteiger partial charge in [-0.05, 0) is 39.3 Å². The average Bonchev–Trinajstić information content (AvgIpc) is 3.38. The zero-order valence-corrected chi connectivity index (χ0v) is 21.1. The Morgan fingerprint density at radius 1 is 1.31 bits per heavy atom. The zero-order chi connectivity index (χ0) is 25.0. The van der Waals surface area contributed by atoms with Crippen LogP contribution in [0.5, 0.6) is 5.75 Å². The molecule has 3 atom stereocenters. The van der Waals surface area contributed by atoms with Crippen LogP contribution in [0.25, 0.3) is 11.0 Å². The van der Waals surface area contributed by atoms with E-state index < -0.39 is 0 Å². The van der Waals surface area contributed by atoms with Gasteiger partial charge in [-0.15, -0.1) is 0 Å². The first-order valence-corrected chi connectivity index (χ1v) is 11.9. The number of ether oxygens (including phenoxy) is 1. The van der Waals surface area contributed by atoms with Gasteiger partial charge in [-0.1, -0.05) is 16.8 Å². The van der Waals surface area contributed by atoms with Crippen molar-refractivity contribution in [3.63, 3.8) is 0 Å². The number of likely N-dealkylation sites (tertiary alicyclic amines) is 1. The summed E-state index contributed by atoms with van der Waals surface area (Å²) in [6.07, 6.45) is 2.77. The predicted molar refractivity (Wildman–Crippen MR) is 133 cm³/mol. The van der Waals surface area contributed by atoms with Crippen LogP contribution in [0.2, 0.25) is 5.02 Å². The molecule has 1 aromatic carbocycles. The number of benzene rings is 1. The van der Waals surface area contributed by atoms with Gasteiger partial charge in [-0.25, -0.2) is 14.6 Å². The lowest BCUT2D eigenvalue weighted by Crippen LogP contribution is -2.52. The summed E-state index contributed by atoms with van der Waals surface area (Å²) in [5.74, 6) is 0.922. The fourth-order valence-corrected chi connectivity index (χ4v) is 5.28. The van der Waals surface area contributed by atoms with Crippen LogP contribution in [0.3, 0.4) is 0 Å². The van der Waals surface area contributed by atoms with Crippen LogP contribution in [0, 0.1) is 19.8 Å². The van der Waals surface area contributed by atoms with Gasteiger partial charge in [0.15, 0.2) is 5.65 Å². The van der Waals surface area contributed by atoms with Crippen molar-refractivity contribution in [2.45, 2.75) is 45.8 Å². The number of hydrogen-bond acceptors (Lipinski definition) is 8. The minimum atomic E-state index is -0.348. The van der Waals surface area contributed by atoms with Crippen molar-refractivity contribution in [1.29, 1.82) is 0 Å². The van der Waals surface area contributed by atoms with Gasteiger partial charge in [-0.3, -0.25) is 4.79 Å². The number of aromatic nitrogens is 4. The average molecular weight is 498 g/mol. The lowest BCUT2D eigenvalue weighted by Gasteiger charge is -2.42. The molecule has 2 aliphatic rings. The maximum absolute atomic E-state index is 12.9. The van der Waals surface area contributed by atoms with Gasteiger partial charge < -0.3 is 20.2 Å². The van der Waals surface area contributed by atoms with Crippen LogP contribution in [-0.2, 0) is 9.63 Å². The van der Waals surface area contributed by atoms with Crippen LogP contribution in [0.1, 0.15) is 48.2 Å². The third-order valence-electron chi connectivity index (χ3n) is 7.11. The van der Waals surface area contributed by atoms with Gasteiger partial charge in [0.25, 0.3) is 0 Å². The molecule has 3 aromatic rings. The normalized spacial score (nSPS) is 20.7. The molecule has 0 spiro atoms. The van der Waals surface area contributed by atoms with Crippen molar-refractivity contribution in [3.05, 3.63) is 39.8 Å². The molecule has 4 heterocycles. The van der Waals surface area contributed by atoms with E-state index in [0.29, 0.717) is 29.6 Å². The second-order valence-corrected chi connectivity index (χ2v) is 9.62. The molecule has 2 aliphatic heterocycles. The first kappa shape index (κ1) is 23.3. The lowest BCUT2D eigenvalue weighted by molar-refractivity contribution is -0.140. The Morgan fingerprint density at radius 2 is 2.06 bits per heavy atom. The second-order valence-electron chi connectivity index (χ2n) is 9.21. The van der Waals surface area contributed by atoms with E-state index in [9.17, 15) is 4.79 Å². The Balaban J connectivity index is 1.50. The molecular weight excluding hydrogens is 470 g/mol. The highest BCUT2D eigenvalue weighted by Gasteiger charge is 2.41. The monoisotopic (exact) mass is 497 g/mol. The molecule has 0 bridgehead atoms. The van der Waals surface area contributed by atoms with Crippen molar-refractivity contribution in [1.82, 2.24) is 24.6 Å². The molecule has 35 heavy (non-hydrogen) atoms. The lowest BCUT2D eigenvalue weighted by atomic mass is 9.84. The van der Waals surface area contributed by atoms with Crippen LogP contribution in [0.15, 0.2) is 17.5 Å². The highest BCUT2D eigenvalue weighted by atomic mass is 35.5. The fraction of sp³-hybridized carbons (Fsp3) is 0.458. The summed E-state index contributed by atoms with van der Waals surface area (Å²) >= 11 is 6.73. The minimum Gasteiger partial charge on any atom is -0.496 e. The Bertz CT molecular complexity index is 1350. The van der Waals surface area contributed by atoms with E-state index in [4.69, 9.17) is 32.0 Å². The van der Waals surface area contributed by atoms with Crippen LogP contribution >= 0.6 is 11.6 Å². The maximum atomic E-state index is 12.9. The molecule has 2 N–H and O–H groups in total. The Labute approximate surface area is 208 Å². The van der Waals surface area contributed by atoms with Crippen LogP contribution < -0.4 is 10.5 Å². The number of anilines is 1. The number of oxime groups is 1. The van der Waals surface area contributed by atoms with Crippen molar-refractivity contribution in [2.75, 3.05) is 25.9 Å². The Morgan fingerprint density at radius 3 is 2.71 bits per heavy atom. The molecule has 184 valence electrons. The summed E-state index contributed by atoms with van der Waals surface area (Å²) in [5.41, 5.74) is 10.3. The number of hydrogen-bond donors (Lipinski definition) is 1. The Hall–Kier alpha value is -3.40. The predicted octanol–water partition coefficient (Wildman–Crippen LogP) is 3.24. The largest absolute Gasteiger partial charge is 0.496 e. The number of methoxy groups -OCH3 is 1. The third-order valence-corrected chi connectivity index (χ3v) is 7.50. The Kier molecular flexibility index (Phi) is 5.79. The number of nitrogens with two attached hydrogens (primary N) is 1. The molecule has 11 heteroatoms. The summed E-state index contributed by atoms with van der Waals surface area (Å²) < 4.78 is 7.79. The molecule has 0 radical (unpaired) electrons. The highest BCUT2D eigenvalue weighted by molar-refractivity contribution is 6.31. The first-order chi connectivity index (χ1) is 16.7. The van der Waals surface area contributed by atoms with Crippen LogP contribution in [0.4, 0.5) is 5.82 Å². The SMILES string of the molecule is COc1c(C(C)n2nc(C)c3c(N)ncnc32)cc(Cl)c(C)c1C1CN(C(=O)C2C=NOC2C)C1. The summed E-state index contributed by atoms with van der Waals surface area (Å²) in [5, 5.41) is 9.87. The van der Waals surface area contributed by atoms with E-state index in [1.54, 1.807) is 13.3 Å². The quantitative estimate of drug-likeness (QED) is 0.574. The number of rotatable bonds is 5. The van der Waals surface area contributed by atoms with Gasteiger partial charge in [0, 0.05) is 35.2 Å². The third kappa shape index (κ3) is 3.67.